The molecular weight excluding hydrogens is 328 g/mol. The van der Waals surface area contributed by atoms with Gasteiger partial charge in [0.1, 0.15) is 0 Å². The van der Waals surface area contributed by atoms with Crippen LogP contribution in [-0.4, -0.2) is 38.4 Å². The van der Waals surface area contributed by atoms with E-state index in [9.17, 15) is 10.1 Å². The highest BCUT2D eigenvalue weighted by Gasteiger charge is 2.13. The Balaban J connectivity index is 2.41. The molecule has 20 heavy (non-hydrogen) atoms. The lowest BCUT2D eigenvalue weighted by Gasteiger charge is -2.10. The van der Waals surface area contributed by atoms with E-state index in [0.29, 0.717) is 29.9 Å². The second-order valence-corrected chi connectivity index (χ2v) is 5.12. The number of methoxy groups -OCH3 is 1. The molecule has 112 valence electrons. The average molecular weight is 347 g/mol. The summed E-state index contributed by atoms with van der Waals surface area (Å²) in [7, 11) is 1.64. The molecule has 0 bridgehead atoms. The highest BCUT2D eigenvalue weighted by molar-refractivity contribution is 9.10. The predicted octanol–water partition coefficient (Wildman–Crippen LogP) is 3.13. The summed E-state index contributed by atoms with van der Waals surface area (Å²) in [6.07, 6.45) is 0.853. The smallest absolute Gasteiger partial charge is 0.273 e. The Morgan fingerprint density at radius 3 is 2.75 bits per heavy atom. The van der Waals surface area contributed by atoms with E-state index in [1.807, 2.05) is 0 Å². The van der Waals surface area contributed by atoms with Crippen molar-refractivity contribution in [2.24, 2.45) is 0 Å². The van der Waals surface area contributed by atoms with Crippen LogP contribution in [0.1, 0.15) is 12.0 Å². The van der Waals surface area contributed by atoms with Crippen molar-refractivity contribution in [1.82, 2.24) is 0 Å². The number of rotatable bonds is 9. The maximum Gasteiger partial charge on any atom is 0.273 e. The van der Waals surface area contributed by atoms with Crippen LogP contribution in [0.3, 0.4) is 0 Å². The molecule has 0 fully saturated rings. The third-order valence-electron chi connectivity index (χ3n) is 2.70. The molecule has 6 nitrogen and oxygen atoms in total. The Kier molecular flexibility index (Phi) is 7.50. The maximum absolute atomic E-state index is 10.8. The summed E-state index contributed by atoms with van der Waals surface area (Å²) in [4.78, 5) is 10.4. The minimum Gasteiger partial charge on any atom is -0.384 e. The summed E-state index contributed by atoms with van der Waals surface area (Å²) in [6, 6.07) is 3.29. The molecule has 0 unspecified atom stereocenters. The summed E-state index contributed by atoms with van der Waals surface area (Å²) in [5.74, 6) is 0. The van der Waals surface area contributed by atoms with Gasteiger partial charge in [0.05, 0.1) is 18.1 Å². The van der Waals surface area contributed by atoms with Gasteiger partial charge in [0.15, 0.2) is 0 Å². The first-order chi connectivity index (χ1) is 9.56. The molecule has 1 rings (SSSR count). The highest BCUT2D eigenvalue weighted by atomic mass is 79.9. The van der Waals surface area contributed by atoms with Crippen molar-refractivity contribution < 1.29 is 14.4 Å². The number of hydrogen-bond donors (Lipinski definition) is 1. The number of nitro benzene ring substituents is 1. The first-order valence-electron chi connectivity index (χ1n) is 6.31. The first kappa shape index (κ1) is 16.9. The number of nitrogens with zero attached hydrogens (tertiary/aromatic N) is 1. The fourth-order valence-corrected chi connectivity index (χ4v) is 2.12. The topological polar surface area (TPSA) is 73.6 Å². The average Bonchev–Trinajstić information content (AvgIpc) is 2.40. The van der Waals surface area contributed by atoms with Crippen molar-refractivity contribution in [3.05, 3.63) is 32.3 Å². The van der Waals surface area contributed by atoms with Crippen LogP contribution in [-0.2, 0) is 9.47 Å². The molecule has 0 spiro atoms. The number of nitro groups is 1. The molecule has 1 N–H and O–H groups in total. The van der Waals surface area contributed by atoms with E-state index in [-0.39, 0.29) is 10.6 Å². The molecular formula is C13H19BrN2O4. The zero-order valence-electron chi connectivity index (χ0n) is 11.6. The van der Waals surface area contributed by atoms with Crippen LogP contribution < -0.4 is 5.32 Å². The van der Waals surface area contributed by atoms with E-state index in [0.717, 1.165) is 18.7 Å². The van der Waals surface area contributed by atoms with Crippen LogP contribution in [0.2, 0.25) is 0 Å². The first-order valence-corrected chi connectivity index (χ1v) is 7.10. The molecule has 0 saturated heterocycles. The van der Waals surface area contributed by atoms with Gasteiger partial charge < -0.3 is 14.8 Å². The van der Waals surface area contributed by atoms with Gasteiger partial charge in [0, 0.05) is 42.1 Å². The highest BCUT2D eigenvalue weighted by Crippen LogP contribution is 2.30. The molecule has 1 aromatic rings. The summed E-state index contributed by atoms with van der Waals surface area (Å²) in [5, 5.41) is 14.0. The van der Waals surface area contributed by atoms with Crippen LogP contribution in [0.5, 0.6) is 0 Å². The van der Waals surface area contributed by atoms with Gasteiger partial charge in [-0.05, 0) is 35.3 Å². The van der Waals surface area contributed by atoms with Crippen LogP contribution in [0.25, 0.3) is 0 Å². The van der Waals surface area contributed by atoms with E-state index >= 15 is 0 Å². The van der Waals surface area contributed by atoms with E-state index in [1.54, 1.807) is 20.1 Å². The molecule has 0 aliphatic heterocycles. The molecule has 0 aliphatic rings. The fourth-order valence-electron chi connectivity index (χ4n) is 1.64. The van der Waals surface area contributed by atoms with Crippen molar-refractivity contribution in [2.75, 3.05) is 38.8 Å². The number of nitrogens with one attached hydrogen (secondary N) is 1. The monoisotopic (exact) mass is 346 g/mol. The third-order valence-corrected chi connectivity index (χ3v) is 3.35. The lowest BCUT2D eigenvalue weighted by molar-refractivity contribution is -0.385. The van der Waals surface area contributed by atoms with Gasteiger partial charge >= 0.3 is 0 Å². The van der Waals surface area contributed by atoms with Crippen molar-refractivity contribution in [3.63, 3.8) is 0 Å². The molecule has 0 saturated carbocycles. The van der Waals surface area contributed by atoms with E-state index in [2.05, 4.69) is 21.2 Å². The molecule has 7 heteroatoms. The van der Waals surface area contributed by atoms with Gasteiger partial charge in [-0.3, -0.25) is 10.1 Å². The van der Waals surface area contributed by atoms with Crippen molar-refractivity contribution >= 4 is 27.3 Å². The molecule has 0 heterocycles. The molecule has 1 aromatic carbocycles. The summed E-state index contributed by atoms with van der Waals surface area (Å²) >= 11 is 3.34. The third kappa shape index (κ3) is 5.44. The summed E-state index contributed by atoms with van der Waals surface area (Å²) in [5.41, 5.74) is 1.60. The van der Waals surface area contributed by atoms with Crippen molar-refractivity contribution in [3.8, 4) is 0 Å². The second kappa shape index (κ2) is 8.89. The number of benzene rings is 1. The Labute approximate surface area is 126 Å². The predicted molar refractivity (Wildman–Crippen MR) is 81.3 cm³/mol. The van der Waals surface area contributed by atoms with Crippen molar-refractivity contribution in [1.29, 1.82) is 0 Å². The SMILES string of the molecule is COCCOCCCNc1cc(C)c([N+](=O)[O-])cc1Br. The summed E-state index contributed by atoms with van der Waals surface area (Å²) < 4.78 is 10.9. The van der Waals surface area contributed by atoms with Crippen molar-refractivity contribution in [2.45, 2.75) is 13.3 Å². The number of anilines is 1. The van der Waals surface area contributed by atoms with Crippen LogP contribution in [0.15, 0.2) is 16.6 Å². The largest absolute Gasteiger partial charge is 0.384 e. The number of hydrogen-bond acceptors (Lipinski definition) is 5. The molecule has 0 atom stereocenters. The van der Waals surface area contributed by atoms with Crippen LogP contribution in [0.4, 0.5) is 11.4 Å². The minimum atomic E-state index is -0.381. The van der Waals surface area contributed by atoms with E-state index < -0.39 is 0 Å². The molecule has 0 aromatic heterocycles. The number of aryl methyl sites for hydroxylation is 1. The van der Waals surface area contributed by atoms with Gasteiger partial charge in [-0.1, -0.05) is 0 Å². The fraction of sp³-hybridized carbons (Fsp3) is 0.538. The lowest BCUT2D eigenvalue weighted by atomic mass is 10.2. The Morgan fingerprint density at radius 2 is 2.10 bits per heavy atom. The van der Waals surface area contributed by atoms with Gasteiger partial charge in [-0.15, -0.1) is 0 Å². The Bertz CT molecular complexity index is 454. The normalized spacial score (nSPS) is 10.6. The van der Waals surface area contributed by atoms with E-state index in [4.69, 9.17) is 9.47 Å². The minimum absolute atomic E-state index is 0.116. The van der Waals surface area contributed by atoms with Crippen LogP contribution >= 0.6 is 15.9 Å². The lowest BCUT2D eigenvalue weighted by Crippen LogP contribution is -2.09. The molecule has 0 amide bonds. The second-order valence-electron chi connectivity index (χ2n) is 4.26. The quantitative estimate of drug-likeness (QED) is 0.422. The van der Waals surface area contributed by atoms with Gasteiger partial charge in [-0.2, -0.15) is 0 Å². The Hall–Kier alpha value is -1.18. The van der Waals surface area contributed by atoms with Gasteiger partial charge in [-0.25, -0.2) is 0 Å². The van der Waals surface area contributed by atoms with Crippen LogP contribution in [0, 0.1) is 17.0 Å². The maximum atomic E-state index is 10.8. The zero-order valence-corrected chi connectivity index (χ0v) is 13.2. The van der Waals surface area contributed by atoms with E-state index in [1.165, 1.54) is 6.07 Å². The zero-order chi connectivity index (χ0) is 15.0. The molecule has 0 aliphatic carbocycles. The number of ether oxygens (including phenoxy) is 2. The number of halogens is 1. The van der Waals surface area contributed by atoms with Gasteiger partial charge in [0.25, 0.3) is 5.69 Å². The standard InChI is InChI=1S/C13H19BrN2O4/c1-10-8-12(11(14)9-13(10)16(17)18)15-4-3-5-20-7-6-19-2/h8-9,15H,3-7H2,1-2H3. The Morgan fingerprint density at radius 1 is 1.35 bits per heavy atom. The summed E-state index contributed by atoms with van der Waals surface area (Å²) in [6.45, 7) is 4.31. The molecule has 0 radical (unpaired) electrons. The van der Waals surface area contributed by atoms with Gasteiger partial charge in [0.2, 0.25) is 0 Å².